The van der Waals surface area contributed by atoms with E-state index in [2.05, 4.69) is 14.8 Å². The van der Waals surface area contributed by atoms with Gasteiger partial charge in [0.15, 0.2) is 5.69 Å². The van der Waals surface area contributed by atoms with E-state index in [1.165, 1.54) is 19.1 Å². The van der Waals surface area contributed by atoms with Crippen molar-refractivity contribution in [2.75, 3.05) is 0 Å². The lowest BCUT2D eigenvalue weighted by Crippen LogP contribution is -2.24. The highest BCUT2D eigenvalue weighted by atomic mass is 19.4. The standard InChI is InChI=1S/C15H10F6N4O3/c1-6(7-2-4-8(5-3-7)28-15(19,20)21)25-11-9(10(24-25)14(16,17)18)12(26)23-13(27)22-11/h2-6H,1H3,(H2,22,23,26,27). The summed E-state index contributed by atoms with van der Waals surface area (Å²) in [5, 5.41) is 2.56. The zero-order valence-corrected chi connectivity index (χ0v) is 13.8. The van der Waals surface area contributed by atoms with Crippen molar-refractivity contribution in [2.24, 2.45) is 0 Å². The van der Waals surface area contributed by atoms with Gasteiger partial charge in [-0.25, -0.2) is 9.48 Å². The van der Waals surface area contributed by atoms with E-state index in [9.17, 15) is 35.9 Å². The molecule has 3 aromatic rings. The highest BCUT2D eigenvalue weighted by Crippen LogP contribution is 2.34. The quantitative estimate of drug-likeness (QED) is 0.652. The average molecular weight is 408 g/mol. The Hall–Kier alpha value is -3.25. The molecule has 0 spiro atoms. The maximum atomic E-state index is 13.2. The van der Waals surface area contributed by atoms with Crippen LogP contribution in [0.1, 0.15) is 24.2 Å². The van der Waals surface area contributed by atoms with Gasteiger partial charge in [-0.1, -0.05) is 12.1 Å². The fraction of sp³-hybridized carbons (Fsp3) is 0.267. The van der Waals surface area contributed by atoms with Crippen LogP contribution in [-0.2, 0) is 6.18 Å². The first-order valence-electron chi connectivity index (χ1n) is 7.54. The third-order valence-corrected chi connectivity index (χ3v) is 3.83. The summed E-state index contributed by atoms with van der Waals surface area (Å²) in [4.78, 5) is 27.2. The monoisotopic (exact) mass is 408 g/mol. The van der Waals surface area contributed by atoms with Gasteiger partial charge in [-0.3, -0.25) is 14.8 Å². The molecule has 0 saturated heterocycles. The minimum atomic E-state index is -4.97. The zero-order valence-electron chi connectivity index (χ0n) is 13.8. The number of halogens is 6. The van der Waals surface area contributed by atoms with Gasteiger partial charge in [-0.15, -0.1) is 13.2 Å². The highest BCUT2D eigenvalue weighted by molar-refractivity contribution is 5.77. The molecule has 150 valence electrons. The fourth-order valence-electron chi connectivity index (χ4n) is 2.64. The second kappa shape index (κ2) is 6.42. The van der Waals surface area contributed by atoms with Crippen LogP contribution < -0.4 is 16.0 Å². The van der Waals surface area contributed by atoms with E-state index in [-0.39, 0.29) is 5.56 Å². The Morgan fingerprint density at radius 2 is 1.64 bits per heavy atom. The van der Waals surface area contributed by atoms with Gasteiger partial charge in [-0.05, 0) is 24.6 Å². The molecule has 2 heterocycles. The van der Waals surface area contributed by atoms with Gasteiger partial charge < -0.3 is 4.74 Å². The molecule has 0 aliphatic heterocycles. The molecule has 28 heavy (non-hydrogen) atoms. The number of benzene rings is 1. The Bertz CT molecular complexity index is 1120. The van der Waals surface area contributed by atoms with Gasteiger partial charge in [0.1, 0.15) is 16.8 Å². The summed E-state index contributed by atoms with van der Waals surface area (Å²) in [7, 11) is 0. The Morgan fingerprint density at radius 3 is 2.18 bits per heavy atom. The SMILES string of the molecule is CC(c1ccc(OC(F)(F)F)cc1)n1nc(C(F)(F)F)c2c(=O)[nH]c(=O)[nH]c21. The molecule has 1 unspecified atom stereocenters. The molecule has 3 rings (SSSR count). The van der Waals surface area contributed by atoms with Crippen LogP contribution in [0, 0.1) is 0 Å². The lowest BCUT2D eigenvalue weighted by atomic mass is 10.1. The van der Waals surface area contributed by atoms with E-state index in [1.54, 1.807) is 4.98 Å². The van der Waals surface area contributed by atoms with Crippen molar-refractivity contribution in [2.45, 2.75) is 25.5 Å². The maximum absolute atomic E-state index is 13.2. The molecule has 0 saturated carbocycles. The fourth-order valence-corrected chi connectivity index (χ4v) is 2.64. The summed E-state index contributed by atoms with van der Waals surface area (Å²) >= 11 is 0. The van der Waals surface area contributed by atoms with E-state index in [0.717, 1.165) is 16.8 Å². The molecular formula is C15H10F6N4O3. The van der Waals surface area contributed by atoms with Crippen LogP contribution in [0.5, 0.6) is 5.75 Å². The molecule has 1 atom stereocenters. The summed E-state index contributed by atoms with van der Waals surface area (Å²) in [5.74, 6) is -0.519. The molecule has 0 fully saturated rings. The summed E-state index contributed by atoms with van der Waals surface area (Å²) in [6.45, 7) is 1.39. The summed E-state index contributed by atoms with van der Waals surface area (Å²) < 4.78 is 80.9. The molecule has 0 aliphatic rings. The number of aromatic nitrogens is 4. The van der Waals surface area contributed by atoms with Gasteiger partial charge >= 0.3 is 18.2 Å². The van der Waals surface area contributed by atoms with Crippen molar-refractivity contribution in [1.82, 2.24) is 19.7 Å². The topological polar surface area (TPSA) is 92.8 Å². The molecule has 0 aliphatic carbocycles. The Kier molecular flexibility index (Phi) is 4.47. The first-order chi connectivity index (χ1) is 12.9. The normalized spacial score (nSPS) is 13.7. The van der Waals surface area contributed by atoms with Gasteiger partial charge in [-0.2, -0.15) is 18.3 Å². The zero-order chi connectivity index (χ0) is 20.9. The molecule has 2 N–H and O–H groups in total. The molecule has 0 bridgehead atoms. The summed E-state index contributed by atoms with van der Waals surface area (Å²) in [6.07, 6.45) is -9.87. The minimum absolute atomic E-state index is 0.258. The minimum Gasteiger partial charge on any atom is -0.406 e. The van der Waals surface area contributed by atoms with Gasteiger partial charge in [0.05, 0.1) is 6.04 Å². The number of ether oxygens (including phenoxy) is 1. The highest BCUT2D eigenvalue weighted by Gasteiger charge is 2.39. The number of hydrogen-bond acceptors (Lipinski definition) is 4. The van der Waals surface area contributed by atoms with Gasteiger partial charge in [0.25, 0.3) is 5.56 Å². The third-order valence-electron chi connectivity index (χ3n) is 3.83. The predicted molar refractivity (Wildman–Crippen MR) is 82.9 cm³/mol. The molecule has 2 aromatic heterocycles. The van der Waals surface area contributed by atoms with E-state index >= 15 is 0 Å². The van der Waals surface area contributed by atoms with E-state index in [1.807, 2.05) is 0 Å². The van der Waals surface area contributed by atoms with Crippen molar-refractivity contribution >= 4 is 11.0 Å². The summed E-state index contributed by atoms with van der Waals surface area (Å²) in [6, 6.07) is 3.38. The Labute approximate surface area is 150 Å². The number of alkyl halides is 6. The largest absolute Gasteiger partial charge is 0.573 e. The average Bonchev–Trinajstić information content (AvgIpc) is 2.93. The molecule has 1 aromatic carbocycles. The first-order valence-corrected chi connectivity index (χ1v) is 7.54. The lowest BCUT2D eigenvalue weighted by molar-refractivity contribution is -0.274. The third kappa shape index (κ3) is 3.73. The van der Waals surface area contributed by atoms with Crippen molar-refractivity contribution in [3.05, 3.63) is 56.4 Å². The van der Waals surface area contributed by atoms with Gasteiger partial charge in [0, 0.05) is 0 Å². The van der Waals surface area contributed by atoms with E-state index in [4.69, 9.17) is 0 Å². The van der Waals surface area contributed by atoms with Crippen molar-refractivity contribution in [3.8, 4) is 5.75 Å². The second-order valence-electron chi connectivity index (χ2n) is 5.72. The van der Waals surface area contributed by atoms with Crippen molar-refractivity contribution < 1.29 is 31.1 Å². The van der Waals surface area contributed by atoms with Crippen LogP contribution in [-0.4, -0.2) is 26.1 Å². The van der Waals surface area contributed by atoms with Crippen LogP contribution >= 0.6 is 0 Å². The Balaban J connectivity index is 2.11. The van der Waals surface area contributed by atoms with Crippen LogP contribution in [0.4, 0.5) is 26.3 Å². The van der Waals surface area contributed by atoms with Crippen LogP contribution in [0.25, 0.3) is 11.0 Å². The van der Waals surface area contributed by atoms with Crippen LogP contribution in [0.3, 0.4) is 0 Å². The smallest absolute Gasteiger partial charge is 0.406 e. The Morgan fingerprint density at radius 1 is 1.04 bits per heavy atom. The first kappa shape index (κ1) is 19.5. The van der Waals surface area contributed by atoms with Crippen molar-refractivity contribution in [3.63, 3.8) is 0 Å². The van der Waals surface area contributed by atoms with E-state index in [0.29, 0.717) is 0 Å². The number of rotatable bonds is 3. The number of fused-ring (bicyclic) bond motifs is 1. The maximum Gasteiger partial charge on any atom is 0.573 e. The molecule has 7 nitrogen and oxygen atoms in total. The van der Waals surface area contributed by atoms with Crippen molar-refractivity contribution in [1.29, 1.82) is 0 Å². The summed E-state index contributed by atoms with van der Waals surface area (Å²) in [5.41, 5.74) is -4.01. The number of aromatic amines is 2. The molecular weight excluding hydrogens is 398 g/mol. The number of hydrogen-bond donors (Lipinski definition) is 2. The van der Waals surface area contributed by atoms with Crippen LogP contribution in [0.2, 0.25) is 0 Å². The molecule has 0 amide bonds. The van der Waals surface area contributed by atoms with Crippen LogP contribution in [0.15, 0.2) is 33.9 Å². The predicted octanol–water partition coefficient (Wildman–Crippen LogP) is 2.94. The number of nitrogens with zero attached hydrogens (tertiary/aromatic N) is 2. The van der Waals surface area contributed by atoms with Gasteiger partial charge in [0.2, 0.25) is 0 Å². The number of nitrogens with one attached hydrogen (secondary N) is 2. The molecule has 0 radical (unpaired) electrons. The molecule has 13 heteroatoms. The lowest BCUT2D eigenvalue weighted by Gasteiger charge is -2.15. The van der Waals surface area contributed by atoms with E-state index < -0.39 is 52.3 Å². The number of H-pyrrole nitrogens is 2. The second-order valence-corrected chi connectivity index (χ2v) is 5.72.